The molecule has 0 amide bonds. The second kappa shape index (κ2) is 14.3. The van der Waals surface area contributed by atoms with E-state index >= 15 is 0 Å². The van der Waals surface area contributed by atoms with Gasteiger partial charge < -0.3 is 9.47 Å². The van der Waals surface area contributed by atoms with Gasteiger partial charge in [0.2, 0.25) is 0 Å². The van der Waals surface area contributed by atoms with Gasteiger partial charge in [-0.25, -0.2) is 0 Å². The maximum absolute atomic E-state index is 6.17. The van der Waals surface area contributed by atoms with Crippen molar-refractivity contribution < 1.29 is 9.47 Å². The summed E-state index contributed by atoms with van der Waals surface area (Å²) in [5.41, 5.74) is 2.82. The van der Waals surface area contributed by atoms with Gasteiger partial charge in [0.1, 0.15) is 6.10 Å². The molecule has 1 heterocycles. The number of benzene rings is 1. The summed E-state index contributed by atoms with van der Waals surface area (Å²) in [7, 11) is 0. The van der Waals surface area contributed by atoms with E-state index in [9.17, 15) is 0 Å². The Labute approximate surface area is 192 Å². The lowest BCUT2D eigenvalue weighted by molar-refractivity contribution is -0.137. The Bertz CT molecular complexity index is 565. The summed E-state index contributed by atoms with van der Waals surface area (Å²) < 4.78 is 12.3. The van der Waals surface area contributed by atoms with Gasteiger partial charge in [-0.15, -0.1) is 0 Å². The normalized spacial score (nSPS) is 26.8. The fourth-order valence-corrected chi connectivity index (χ4v) is 5.50. The minimum Gasteiger partial charge on any atom is -0.373 e. The van der Waals surface area contributed by atoms with Crippen molar-refractivity contribution in [2.24, 2.45) is 5.92 Å². The third-order valence-corrected chi connectivity index (χ3v) is 7.69. The van der Waals surface area contributed by atoms with Crippen molar-refractivity contribution in [2.45, 2.75) is 128 Å². The average molecular weight is 429 g/mol. The Kier molecular flexibility index (Phi) is 11.4. The molecule has 3 rings (SSSR count). The van der Waals surface area contributed by atoms with E-state index < -0.39 is 0 Å². The summed E-state index contributed by atoms with van der Waals surface area (Å²) in [6, 6.07) is 9.33. The molecule has 2 heteroatoms. The summed E-state index contributed by atoms with van der Waals surface area (Å²) in [4.78, 5) is 0. The van der Waals surface area contributed by atoms with E-state index in [-0.39, 0.29) is 6.10 Å². The van der Waals surface area contributed by atoms with Crippen molar-refractivity contribution in [1.82, 2.24) is 0 Å². The molecule has 2 atom stereocenters. The quantitative estimate of drug-likeness (QED) is 0.292. The largest absolute Gasteiger partial charge is 0.373 e. The molecule has 176 valence electrons. The second-order valence-corrected chi connectivity index (χ2v) is 10.2. The lowest BCUT2D eigenvalue weighted by atomic mass is 9.77. The van der Waals surface area contributed by atoms with Crippen LogP contribution in [0.25, 0.3) is 0 Å². The van der Waals surface area contributed by atoms with Crippen LogP contribution in [0.15, 0.2) is 24.3 Å². The number of ether oxygens (including phenoxy) is 2. The molecule has 2 nitrogen and oxygen atoms in total. The number of unbranched alkanes of at least 4 members (excludes halogenated alkanes) is 7. The minimum atomic E-state index is 0.115. The highest BCUT2D eigenvalue weighted by atomic mass is 16.6. The summed E-state index contributed by atoms with van der Waals surface area (Å²) in [6.45, 7) is 6.02. The third-order valence-electron chi connectivity index (χ3n) is 7.69. The SMILES string of the molecule is CCCCCCCC1CCC(c2ccc([C@@H]3CO[C@@H](CCCCCC)CO3)cc2)CC1. The second-order valence-electron chi connectivity index (χ2n) is 10.2. The topological polar surface area (TPSA) is 18.5 Å². The predicted octanol–water partition coefficient (Wildman–Crippen LogP) is 8.75. The van der Waals surface area contributed by atoms with E-state index in [0.29, 0.717) is 12.7 Å². The van der Waals surface area contributed by atoms with Crippen molar-refractivity contribution in [3.8, 4) is 0 Å². The molecule has 1 saturated heterocycles. The molecule has 1 aromatic carbocycles. The van der Waals surface area contributed by atoms with Gasteiger partial charge in [-0.05, 0) is 55.1 Å². The summed E-state index contributed by atoms with van der Waals surface area (Å²) >= 11 is 0. The number of hydrogen-bond acceptors (Lipinski definition) is 2. The van der Waals surface area contributed by atoms with Crippen LogP contribution in [-0.4, -0.2) is 19.3 Å². The van der Waals surface area contributed by atoms with E-state index in [4.69, 9.17) is 9.47 Å². The molecule has 1 saturated carbocycles. The monoisotopic (exact) mass is 428 g/mol. The van der Waals surface area contributed by atoms with Gasteiger partial charge in [0.15, 0.2) is 0 Å². The fourth-order valence-electron chi connectivity index (χ4n) is 5.50. The third kappa shape index (κ3) is 8.54. The highest BCUT2D eigenvalue weighted by Gasteiger charge is 2.25. The molecule has 2 aliphatic rings. The van der Waals surface area contributed by atoms with Gasteiger partial charge in [-0.3, -0.25) is 0 Å². The molecule has 1 aliphatic carbocycles. The Morgan fingerprint density at radius 1 is 0.645 bits per heavy atom. The lowest BCUT2D eigenvalue weighted by Crippen LogP contribution is -2.31. The zero-order valence-corrected chi connectivity index (χ0v) is 20.5. The van der Waals surface area contributed by atoms with Crippen LogP contribution in [0, 0.1) is 5.92 Å². The van der Waals surface area contributed by atoms with Crippen LogP contribution >= 0.6 is 0 Å². The van der Waals surface area contributed by atoms with Gasteiger partial charge in [0.25, 0.3) is 0 Å². The molecular formula is C29H48O2. The molecular weight excluding hydrogens is 380 g/mol. The molecule has 1 aromatic rings. The summed E-state index contributed by atoms with van der Waals surface area (Å²) in [6.07, 6.45) is 21.0. The molecule has 1 aliphatic heterocycles. The summed E-state index contributed by atoms with van der Waals surface area (Å²) in [5.74, 6) is 1.75. The Morgan fingerprint density at radius 3 is 1.90 bits per heavy atom. The molecule has 0 radical (unpaired) electrons. The minimum absolute atomic E-state index is 0.115. The van der Waals surface area contributed by atoms with Crippen LogP contribution in [0.1, 0.15) is 133 Å². The first kappa shape index (κ1) is 24.8. The molecule has 0 bridgehead atoms. The van der Waals surface area contributed by atoms with Crippen LogP contribution in [-0.2, 0) is 9.47 Å². The maximum atomic E-state index is 6.17. The van der Waals surface area contributed by atoms with Crippen LogP contribution < -0.4 is 0 Å². The molecule has 31 heavy (non-hydrogen) atoms. The van der Waals surface area contributed by atoms with E-state index in [1.807, 2.05) is 0 Å². The number of hydrogen-bond donors (Lipinski definition) is 0. The molecule has 0 aromatic heterocycles. The van der Waals surface area contributed by atoms with Crippen LogP contribution in [0.3, 0.4) is 0 Å². The lowest BCUT2D eigenvalue weighted by Gasteiger charge is -2.31. The van der Waals surface area contributed by atoms with Crippen LogP contribution in [0.4, 0.5) is 0 Å². The van der Waals surface area contributed by atoms with E-state index in [2.05, 4.69) is 38.1 Å². The first-order chi connectivity index (χ1) is 15.3. The standard InChI is InChI=1S/C29H48O2/c1-3-5-7-9-10-12-24-14-16-25(17-15-24)26-18-20-27(21-19-26)29-23-30-28(22-31-29)13-11-8-6-4-2/h18-21,24-25,28-29H,3-17,22-23H2,1-2H3/t24?,25?,28-,29-/m0/s1. The van der Waals surface area contributed by atoms with Crippen molar-refractivity contribution in [1.29, 1.82) is 0 Å². The Hall–Kier alpha value is -0.860. The van der Waals surface area contributed by atoms with E-state index in [1.165, 1.54) is 101 Å². The average Bonchev–Trinajstić information content (AvgIpc) is 2.83. The zero-order chi connectivity index (χ0) is 21.7. The number of rotatable bonds is 13. The van der Waals surface area contributed by atoms with Crippen LogP contribution in [0.5, 0.6) is 0 Å². The van der Waals surface area contributed by atoms with E-state index in [1.54, 1.807) is 0 Å². The van der Waals surface area contributed by atoms with Gasteiger partial charge in [0, 0.05) is 0 Å². The van der Waals surface area contributed by atoms with Gasteiger partial charge in [-0.2, -0.15) is 0 Å². The Morgan fingerprint density at radius 2 is 1.26 bits per heavy atom. The van der Waals surface area contributed by atoms with Crippen molar-refractivity contribution >= 4 is 0 Å². The first-order valence-electron chi connectivity index (χ1n) is 13.6. The maximum Gasteiger partial charge on any atom is 0.106 e. The first-order valence-corrected chi connectivity index (χ1v) is 13.6. The molecule has 0 spiro atoms. The van der Waals surface area contributed by atoms with Crippen molar-refractivity contribution in [3.05, 3.63) is 35.4 Å². The zero-order valence-electron chi connectivity index (χ0n) is 20.5. The van der Waals surface area contributed by atoms with Crippen molar-refractivity contribution in [2.75, 3.05) is 13.2 Å². The summed E-state index contributed by atoms with van der Waals surface area (Å²) in [5, 5.41) is 0. The highest BCUT2D eigenvalue weighted by molar-refractivity contribution is 5.27. The molecule has 0 N–H and O–H groups in total. The van der Waals surface area contributed by atoms with Crippen LogP contribution in [0.2, 0.25) is 0 Å². The Balaban J connectivity index is 1.34. The van der Waals surface area contributed by atoms with Gasteiger partial charge in [0.05, 0.1) is 19.3 Å². The van der Waals surface area contributed by atoms with Gasteiger partial charge in [-0.1, -0.05) is 102 Å². The van der Waals surface area contributed by atoms with E-state index in [0.717, 1.165) is 24.9 Å². The molecule has 2 fully saturated rings. The fraction of sp³-hybridized carbons (Fsp3) is 0.793. The smallest absolute Gasteiger partial charge is 0.106 e. The highest BCUT2D eigenvalue weighted by Crippen LogP contribution is 2.38. The molecule has 0 unspecified atom stereocenters. The van der Waals surface area contributed by atoms with Gasteiger partial charge >= 0.3 is 0 Å². The van der Waals surface area contributed by atoms with Crippen molar-refractivity contribution in [3.63, 3.8) is 0 Å². The predicted molar refractivity (Wildman–Crippen MR) is 132 cm³/mol.